The van der Waals surface area contributed by atoms with Gasteiger partial charge in [-0.15, -0.1) is 0 Å². The predicted octanol–water partition coefficient (Wildman–Crippen LogP) is 4.71. The zero-order valence-electron chi connectivity index (χ0n) is 20.5. The molecule has 0 aliphatic heterocycles. The molecule has 0 aliphatic carbocycles. The maximum Gasteiger partial charge on any atom is 0.329 e. The van der Waals surface area contributed by atoms with E-state index in [1.54, 1.807) is 55.6 Å². The summed E-state index contributed by atoms with van der Waals surface area (Å²) in [6.07, 6.45) is 2.94. The first kappa shape index (κ1) is 26.7. The van der Waals surface area contributed by atoms with E-state index in [-0.39, 0.29) is 16.9 Å². The van der Waals surface area contributed by atoms with Crippen molar-refractivity contribution in [2.75, 3.05) is 7.11 Å². The van der Waals surface area contributed by atoms with E-state index in [2.05, 4.69) is 15.3 Å². The van der Waals surface area contributed by atoms with E-state index < -0.39 is 33.7 Å². The van der Waals surface area contributed by atoms with Crippen LogP contribution in [0.4, 0.5) is 13.6 Å². The van der Waals surface area contributed by atoms with Gasteiger partial charge in [0.05, 0.1) is 23.7 Å². The molecule has 2 aromatic heterocycles. The zero-order chi connectivity index (χ0) is 27.3. The molecule has 4 aromatic rings. The Morgan fingerprint density at radius 1 is 0.947 bits per heavy atom. The maximum absolute atomic E-state index is 14.0. The number of pyridine rings is 2. The number of ether oxygens (including phenoxy) is 1. The third-order valence-corrected chi connectivity index (χ3v) is 7.19. The second-order valence-corrected chi connectivity index (χ2v) is 10.0. The number of hydrogen-bond donors (Lipinski definition) is 2. The highest BCUT2D eigenvalue weighted by atomic mass is 32.2. The molecule has 0 fully saturated rings. The van der Waals surface area contributed by atoms with Crippen LogP contribution >= 0.6 is 0 Å². The molecule has 196 valence electrons. The molecular formula is C27H24F2N4O4S. The van der Waals surface area contributed by atoms with Crippen LogP contribution in [0.5, 0.6) is 5.88 Å². The topological polar surface area (TPSA) is 110 Å². The molecule has 2 aromatic carbocycles. The average Bonchev–Trinajstić information content (AvgIpc) is 2.87. The highest BCUT2D eigenvalue weighted by molar-refractivity contribution is 7.90. The number of sulfonamides is 1. The summed E-state index contributed by atoms with van der Waals surface area (Å²) >= 11 is 0. The molecule has 38 heavy (non-hydrogen) atoms. The SMILES string of the molecule is COc1ncccc1-c1cccnc1C(Cc1cc(F)cc(F)c1)NC(=O)NS(=O)(=O)c1ccccc1C. The number of aromatic nitrogens is 2. The number of rotatable bonds is 8. The summed E-state index contributed by atoms with van der Waals surface area (Å²) in [5.74, 6) is -1.29. The number of carbonyl (C=O) groups excluding carboxylic acids is 1. The molecule has 2 heterocycles. The lowest BCUT2D eigenvalue weighted by Gasteiger charge is -2.22. The Balaban J connectivity index is 1.73. The average molecular weight is 539 g/mol. The number of methoxy groups -OCH3 is 1. The largest absolute Gasteiger partial charge is 0.481 e. The van der Waals surface area contributed by atoms with Gasteiger partial charge in [0.15, 0.2) is 0 Å². The summed E-state index contributed by atoms with van der Waals surface area (Å²) in [6, 6.07) is 14.0. The van der Waals surface area contributed by atoms with E-state index in [0.29, 0.717) is 28.3 Å². The summed E-state index contributed by atoms with van der Waals surface area (Å²) in [5, 5.41) is 2.62. The van der Waals surface area contributed by atoms with Crippen molar-refractivity contribution in [1.82, 2.24) is 20.0 Å². The Labute approximate surface area is 218 Å². The van der Waals surface area contributed by atoms with Crippen molar-refractivity contribution in [1.29, 1.82) is 0 Å². The van der Waals surface area contributed by atoms with Crippen LogP contribution in [0.15, 0.2) is 84.0 Å². The van der Waals surface area contributed by atoms with Crippen LogP contribution in [0.3, 0.4) is 0 Å². The van der Waals surface area contributed by atoms with E-state index in [1.165, 1.54) is 19.4 Å². The summed E-state index contributed by atoms with van der Waals surface area (Å²) in [4.78, 5) is 21.6. The number of nitrogens with one attached hydrogen (secondary N) is 2. The summed E-state index contributed by atoms with van der Waals surface area (Å²) < 4.78 is 61.1. The monoisotopic (exact) mass is 538 g/mol. The van der Waals surface area contributed by atoms with Crippen molar-refractivity contribution >= 4 is 16.1 Å². The molecule has 2 amide bonds. The van der Waals surface area contributed by atoms with Crippen LogP contribution in [-0.2, 0) is 16.4 Å². The summed E-state index contributed by atoms with van der Waals surface area (Å²) in [5.41, 5.74) is 2.08. The highest BCUT2D eigenvalue weighted by Crippen LogP contribution is 2.33. The summed E-state index contributed by atoms with van der Waals surface area (Å²) in [6.45, 7) is 1.61. The van der Waals surface area contributed by atoms with Gasteiger partial charge in [-0.25, -0.2) is 31.7 Å². The third kappa shape index (κ3) is 6.12. The minimum Gasteiger partial charge on any atom is -0.481 e. The zero-order valence-corrected chi connectivity index (χ0v) is 21.3. The normalized spacial score (nSPS) is 12.0. The van der Waals surface area contributed by atoms with Gasteiger partial charge in [-0.1, -0.05) is 24.3 Å². The van der Waals surface area contributed by atoms with Gasteiger partial charge >= 0.3 is 6.03 Å². The van der Waals surface area contributed by atoms with Crippen molar-refractivity contribution in [3.05, 3.63) is 108 Å². The van der Waals surface area contributed by atoms with Crippen LogP contribution in [0, 0.1) is 18.6 Å². The number of carbonyl (C=O) groups is 1. The maximum atomic E-state index is 14.0. The molecule has 1 atom stereocenters. The first-order chi connectivity index (χ1) is 18.2. The number of urea groups is 1. The van der Waals surface area contributed by atoms with Crippen LogP contribution < -0.4 is 14.8 Å². The van der Waals surface area contributed by atoms with E-state index in [4.69, 9.17) is 4.74 Å². The smallest absolute Gasteiger partial charge is 0.329 e. The lowest BCUT2D eigenvalue weighted by Crippen LogP contribution is -2.42. The Morgan fingerprint density at radius 2 is 1.61 bits per heavy atom. The lowest BCUT2D eigenvalue weighted by atomic mass is 9.96. The Morgan fingerprint density at radius 3 is 2.29 bits per heavy atom. The van der Waals surface area contributed by atoms with E-state index >= 15 is 0 Å². The summed E-state index contributed by atoms with van der Waals surface area (Å²) in [7, 11) is -2.75. The van der Waals surface area contributed by atoms with Gasteiger partial charge in [-0.05, 0) is 60.9 Å². The molecule has 0 saturated carbocycles. The van der Waals surface area contributed by atoms with Crippen LogP contribution in [-0.4, -0.2) is 31.5 Å². The third-order valence-electron chi connectivity index (χ3n) is 5.70. The van der Waals surface area contributed by atoms with Gasteiger partial charge < -0.3 is 10.1 Å². The molecule has 0 saturated heterocycles. The van der Waals surface area contributed by atoms with E-state index in [9.17, 15) is 22.0 Å². The van der Waals surface area contributed by atoms with Crippen molar-refractivity contribution in [3.8, 4) is 17.0 Å². The fourth-order valence-electron chi connectivity index (χ4n) is 4.08. The van der Waals surface area contributed by atoms with Gasteiger partial charge in [0.2, 0.25) is 5.88 Å². The minimum atomic E-state index is -4.21. The van der Waals surface area contributed by atoms with Gasteiger partial charge in [-0.2, -0.15) is 0 Å². The molecule has 0 radical (unpaired) electrons. The van der Waals surface area contributed by atoms with Crippen LogP contribution in [0.1, 0.15) is 22.9 Å². The van der Waals surface area contributed by atoms with E-state index in [1.807, 2.05) is 4.72 Å². The first-order valence-electron chi connectivity index (χ1n) is 11.5. The molecule has 2 N–H and O–H groups in total. The molecule has 4 rings (SSSR count). The molecule has 8 nitrogen and oxygen atoms in total. The number of hydrogen-bond acceptors (Lipinski definition) is 6. The van der Waals surface area contributed by atoms with E-state index in [0.717, 1.165) is 18.2 Å². The molecule has 0 aliphatic rings. The van der Waals surface area contributed by atoms with Gasteiger partial charge in [0, 0.05) is 29.6 Å². The minimum absolute atomic E-state index is 0.0578. The second kappa shape index (κ2) is 11.3. The Bertz CT molecular complexity index is 1560. The molecular weight excluding hydrogens is 514 g/mol. The van der Waals surface area contributed by atoms with Crippen LogP contribution in [0.2, 0.25) is 0 Å². The molecule has 1 unspecified atom stereocenters. The van der Waals surface area contributed by atoms with Gasteiger partial charge in [0.25, 0.3) is 10.0 Å². The first-order valence-corrected chi connectivity index (χ1v) is 12.9. The van der Waals surface area contributed by atoms with Crippen molar-refractivity contribution in [3.63, 3.8) is 0 Å². The predicted molar refractivity (Wildman–Crippen MR) is 137 cm³/mol. The Hall–Kier alpha value is -4.38. The van der Waals surface area contributed by atoms with Crippen molar-refractivity contribution in [2.45, 2.75) is 24.3 Å². The Kier molecular flexibility index (Phi) is 7.96. The number of nitrogens with zero attached hydrogens (tertiary/aromatic N) is 2. The second-order valence-electron chi connectivity index (χ2n) is 8.38. The van der Waals surface area contributed by atoms with Crippen LogP contribution in [0.25, 0.3) is 11.1 Å². The van der Waals surface area contributed by atoms with Gasteiger partial charge in [-0.3, -0.25) is 4.98 Å². The fourth-order valence-corrected chi connectivity index (χ4v) is 5.25. The number of halogens is 2. The molecule has 11 heteroatoms. The molecule has 0 bridgehead atoms. The quantitative estimate of drug-likeness (QED) is 0.336. The number of aryl methyl sites for hydroxylation is 1. The number of amides is 2. The standard InChI is InChI=1S/C27H24F2N4O4S/c1-17-7-3-4-10-24(17)38(35,36)33-27(34)32-23(15-18-13-19(28)16-20(29)14-18)25-21(8-5-11-30-25)22-9-6-12-31-26(22)37-2/h3-14,16,23H,15H2,1-2H3,(H2,32,33,34). The molecule has 0 spiro atoms. The lowest BCUT2D eigenvalue weighted by molar-refractivity contribution is 0.242. The van der Waals surface area contributed by atoms with Crippen molar-refractivity contribution < 1.29 is 26.7 Å². The highest BCUT2D eigenvalue weighted by Gasteiger charge is 2.26. The van der Waals surface area contributed by atoms with Gasteiger partial charge in [0.1, 0.15) is 11.6 Å². The number of benzene rings is 2. The van der Waals surface area contributed by atoms with Crippen molar-refractivity contribution in [2.24, 2.45) is 0 Å². The fraction of sp³-hybridized carbons (Fsp3) is 0.148.